The number of aromatic hydroxyl groups is 3. The van der Waals surface area contributed by atoms with Gasteiger partial charge < -0.3 is 94.5 Å². The van der Waals surface area contributed by atoms with E-state index in [0.717, 1.165) is 12.1 Å². The second-order valence-electron chi connectivity index (χ2n) is 13.0. The monoisotopic (exact) mass is 756 g/mol. The Labute approximate surface area is 298 Å². The number of phenols is 3. The van der Waals surface area contributed by atoms with Gasteiger partial charge in [-0.1, -0.05) is 0 Å². The highest BCUT2D eigenvalue weighted by molar-refractivity contribution is 5.88. The van der Waals surface area contributed by atoms with Crippen LogP contribution >= 0.6 is 0 Å². The second-order valence-corrected chi connectivity index (χ2v) is 13.0. The van der Waals surface area contributed by atoms with Gasteiger partial charge in [-0.05, 0) is 37.1 Å². The summed E-state index contributed by atoms with van der Waals surface area (Å²) in [7, 11) is 0. The van der Waals surface area contributed by atoms with Crippen molar-refractivity contribution < 1.29 is 94.5 Å². The van der Waals surface area contributed by atoms with Crippen LogP contribution in [0.5, 0.6) is 23.0 Å². The minimum Gasteiger partial charge on any atom is -0.508 e. The molecule has 3 saturated heterocycles. The van der Waals surface area contributed by atoms with Gasteiger partial charge in [0.05, 0.1) is 18.8 Å². The molecule has 4 heterocycles. The molecule has 9 unspecified atom stereocenters. The average molecular weight is 757 g/mol. The number of ether oxygens (including phenoxy) is 5. The molecule has 3 aliphatic heterocycles. The maximum absolute atomic E-state index is 14.0. The maximum atomic E-state index is 14.0. The Balaban J connectivity index is 1.39. The van der Waals surface area contributed by atoms with Gasteiger partial charge in [0.2, 0.25) is 17.5 Å². The Bertz CT molecular complexity index is 1780. The first-order chi connectivity index (χ1) is 25.1. The van der Waals surface area contributed by atoms with Crippen LogP contribution in [0.1, 0.15) is 12.8 Å². The number of rotatable bonds is 9. The summed E-state index contributed by atoms with van der Waals surface area (Å²) in [6.45, 7) is -0.845. The van der Waals surface area contributed by atoms with E-state index in [1.54, 1.807) is 0 Å². The summed E-state index contributed by atoms with van der Waals surface area (Å²) in [4.78, 5) is 14.0. The van der Waals surface area contributed by atoms with Gasteiger partial charge in [0, 0.05) is 17.7 Å². The van der Waals surface area contributed by atoms with Crippen LogP contribution in [0.2, 0.25) is 0 Å². The normalized spacial score (nSPS) is 37.8. The summed E-state index contributed by atoms with van der Waals surface area (Å²) in [5, 5.41) is 134. The molecule has 15 atom stereocenters. The Morgan fingerprint density at radius 3 is 1.87 bits per heavy atom. The van der Waals surface area contributed by atoms with Crippen LogP contribution in [0.15, 0.2) is 45.6 Å². The van der Waals surface area contributed by atoms with Crippen molar-refractivity contribution in [2.24, 2.45) is 0 Å². The quantitative estimate of drug-likeness (QED) is 0.0994. The van der Waals surface area contributed by atoms with E-state index < -0.39 is 127 Å². The first-order valence-corrected chi connectivity index (χ1v) is 16.4. The van der Waals surface area contributed by atoms with Crippen LogP contribution in [0.25, 0.3) is 22.3 Å². The van der Waals surface area contributed by atoms with Gasteiger partial charge in [-0.3, -0.25) is 4.79 Å². The Hall–Kier alpha value is -3.71. The van der Waals surface area contributed by atoms with E-state index in [1.165, 1.54) is 24.3 Å². The molecule has 0 aliphatic carbocycles. The minimum atomic E-state index is -2.03. The van der Waals surface area contributed by atoms with Crippen LogP contribution in [0.4, 0.5) is 0 Å². The van der Waals surface area contributed by atoms with Crippen LogP contribution in [-0.4, -0.2) is 165 Å². The summed E-state index contributed by atoms with van der Waals surface area (Å²) in [5.41, 5.74) is -1.23. The van der Waals surface area contributed by atoms with Gasteiger partial charge in [0.15, 0.2) is 24.4 Å². The zero-order valence-electron chi connectivity index (χ0n) is 27.4. The molecule has 20 heteroatoms. The Kier molecular flexibility index (Phi) is 11.5. The summed E-state index contributed by atoms with van der Waals surface area (Å²) < 4.78 is 34.3. The number of phenolic OH excluding ortho intramolecular Hbond substituents is 3. The van der Waals surface area contributed by atoms with E-state index in [0.29, 0.717) is 0 Å². The molecule has 0 saturated carbocycles. The average Bonchev–Trinajstić information content (AvgIpc) is 3.12. The van der Waals surface area contributed by atoms with Crippen LogP contribution in [0, 0.1) is 0 Å². The molecule has 0 bridgehead atoms. The first-order valence-electron chi connectivity index (χ1n) is 16.4. The Morgan fingerprint density at radius 2 is 1.21 bits per heavy atom. The lowest BCUT2D eigenvalue weighted by Gasteiger charge is -2.46. The van der Waals surface area contributed by atoms with E-state index in [1.807, 2.05) is 0 Å². The van der Waals surface area contributed by atoms with Crippen LogP contribution < -0.4 is 10.2 Å². The second kappa shape index (κ2) is 15.6. The van der Waals surface area contributed by atoms with E-state index in [4.69, 9.17) is 28.1 Å². The molecule has 3 fully saturated rings. The van der Waals surface area contributed by atoms with Gasteiger partial charge in [-0.25, -0.2) is 0 Å². The lowest BCUT2D eigenvalue weighted by molar-refractivity contribution is -0.357. The van der Waals surface area contributed by atoms with Gasteiger partial charge in [0.25, 0.3) is 0 Å². The minimum absolute atomic E-state index is 0.113. The van der Waals surface area contributed by atoms with Crippen molar-refractivity contribution in [1.82, 2.24) is 0 Å². The standard InChI is InChI=1S/C33H40O20/c34-9-17-21(40)24(43)27(46)32(51-17)53-30-25(44)20(39)15(6-5-14-19(38)23(42)26(45)31(47)49-14)50-33(30)52-29-22(41)18-13(37)7-12(36)8-16(18)48-28(29)10-1-3-11(35)4-2-10/h1-4,7-8,14-15,17,19-21,23-27,30-40,42-47H,5-6,9H2/t14-,15?,17?,19?,20-,21+,23?,24?,25?,26+,27?,30?,31?,32-,33-/m0/s1. The molecule has 292 valence electrons. The molecule has 3 aliphatic rings. The van der Waals surface area contributed by atoms with E-state index in [2.05, 4.69) is 0 Å². The van der Waals surface area contributed by atoms with Crippen LogP contribution in [0.3, 0.4) is 0 Å². The predicted octanol–water partition coefficient (Wildman–Crippen LogP) is -3.83. The topological polar surface area (TPSA) is 339 Å². The molecule has 20 nitrogen and oxygen atoms in total. The van der Waals surface area contributed by atoms with Crippen molar-refractivity contribution in [2.45, 2.75) is 105 Å². The van der Waals surface area contributed by atoms with E-state index in [9.17, 15) is 71.2 Å². The first kappa shape index (κ1) is 39.0. The third kappa shape index (κ3) is 7.52. The number of fused-ring (bicyclic) bond motifs is 1. The zero-order valence-corrected chi connectivity index (χ0v) is 27.4. The smallest absolute Gasteiger partial charge is 0.239 e. The largest absolute Gasteiger partial charge is 0.508 e. The maximum Gasteiger partial charge on any atom is 0.239 e. The molecule has 0 radical (unpaired) electrons. The third-order valence-corrected chi connectivity index (χ3v) is 9.49. The highest BCUT2D eigenvalue weighted by atomic mass is 16.8. The molecule has 0 amide bonds. The summed E-state index contributed by atoms with van der Waals surface area (Å²) in [6, 6.07) is 7.05. The predicted molar refractivity (Wildman–Crippen MR) is 171 cm³/mol. The van der Waals surface area contributed by atoms with Crippen molar-refractivity contribution in [3.8, 4) is 34.3 Å². The molecule has 13 N–H and O–H groups in total. The number of hydrogen-bond donors (Lipinski definition) is 13. The van der Waals surface area contributed by atoms with Crippen molar-refractivity contribution in [3.05, 3.63) is 46.6 Å². The van der Waals surface area contributed by atoms with Crippen molar-refractivity contribution in [1.29, 1.82) is 0 Å². The van der Waals surface area contributed by atoms with Crippen molar-refractivity contribution in [2.75, 3.05) is 6.61 Å². The number of aliphatic hydroxyl groups is 10. The molecule has 0 spiro atoms. The number of hydrogen-bond acceptors (Lipinski definition) is 20. The fourth-order valence-corrected chi connectivity index (χ4v) is 6.51. The van der Waals surface area contributed by atoms with E-state index in [-0.39, 0.29) is 35.5 Å². The third-order valence-electron chi connectivity index (χ3n) is 9.49. The fraction of sp³-hybridized carbons (Fsp3) is 0.545. The van der Waals surface area contributed by atoms with Crippen molar-refractivity contribution in [3.63, 3.8) is 0 Å². The zero-order chi connectivity index (χ0) is 38.5. The van der Waals surface area contributed by atoms with Gasteiger partial charge in [-0.2, -0.15) is 0 Å². The molecular formula is C33H40O20. The van der Waals surface area contributed by atoms with Crippen LogP contribution in [-0.2, 0) is 18.9 Å². The summed E-state index contributed by atoms with van der Waals surface area (Å²) in [5.74, 6) is -2.39. The Morgan fingerprint density at radius 1 is 0.623 bits per heavy atom. The molecule has 1 aromatic heterocycles. The number of benzene rings is 2. The van der Waals surface area contributed by atoms with Gasteiger partial charge in [-0.15, -0.1) is 0 Å². The van der Waals surface area contributed by atoms with Gasteiger partial charge >= 0.3 is 0 Å². The molecule has 53 heavy (non-hydrogen) atoms. The lowest BCUT2D eigenvalue weighted by Crippen LogP contribution is -2.65. The SMILES string of the molecule is O=c1c(O[C@@H]2OC(CC[C@@H]3OC(O)[C@H](O)C(O)C3O)[C@H](O)C(O)C2O[C@@H]2OC(CO)[C@@H](O)C(O)C2O)c(-c2ccc(O)cc2)oc2cc(O)cc(O)c12. The lowest BCUT2D eigenvalue weighted by atomic mass is 9.91. The van der Waals surface area contributed by atoms with Gasteiger partial charge in [0.1, 0.15) is 83.2 Å². The highest BCUT2D eigenvalue weighted by Crippen LogP contribution is 2.39. The highest BCUT2D eigenvalue weighted by Gasteiger charge is 2.52. The molecular weight excluding hydrogens is 716 g/mol. The fourth-order valence-electron chi connectivity index (χ4n) is 6.51. The number of aliphatic hydroxyl groups excluding tert-OH is 10. The molecule has 3 aromatic rings. The van der Waals surface area contributed by atoms with E-state index >= 15 is 0 Å². The van der Waals surface area contributed by atoms with Crippen molar-refractivity contribution >= 4 is 11.0 Å². The summed E-state index contributed by atoms with van der Waals surface area (Å²) >= 11 is 0. The molecule has 6 rings (SSSR count). The summed E-state index contributed by atoms with van der Waals surface area (Å²) in [6.07, 6.45) is -27.4. The molecule has 2 aromatic carbocycles.